The van der Waals surface area contributed by atoms with Crippen LogP contribution >= 0.6 is 0 Å². The lowest BCUT2D eigenvalue weighted by Gasteiger charge is -2.16. The van der Waals surface area contributed by atoms with Crippen LogP contribution in [0.15, 0.2) is 47.4 Å². The van der Waals surface area contributed by atoms with Crippen molar-refractivity contribution in [3.8, 4) is 11.5 Å². The molecule has 0 aromatic heterocycles. The Morgan fingerprint density at radius 3 is 2.00 bits per heavy atom. The Morgan fingerprint density at radius 2 is 1.43 bits per heavy atom. The largest absolute Gasteiger partial charge is 0.497 e. The summed E-state index contributed by atoms with van der Waals surface area (Å²) in [5.74, 6) is -0.380. The first-order valence-corrected chi connectivity index (χ1v) is 10.7. The van der Waals surface area contributed by atoms with E-state index in [2.05, 4.69) is 10.9 Å². The molecule has 2 aromatic rings. The molecule has 2 aromatic carbocycles. The number of methoxy groups -OCH3 is 2. The molecule has 30 heavy (non-hydrogen) atoms. The Hall–Kier alpha value is -3.11. The van der Waals surface area contributed by atoms with E-state index in [1.165, 1.54) is 54.9 Å². The van der Waals surface area contributed by atoms with Crippen molar-refractivity contribution < 1.29 is 27.5 Å². The predicted octanol–water partition coefficient (Wildman–Crippen LogP) is 1.56. The van der Waals surface area contributed by atoms with Gasteiger partial charge in [0, 0.05) is 30.3 Å². The van der Waals surface area contributed by atoms with Gasteiger partial charge in [0.2, 0.25) is 10.0 Å². The van der Waals surface area contributed by atoms with E-state index in [0.717, 1.165) is 12.8 Å². The average Bonchev–Trinajstić information content (AvgIpc) is 3.32. The molecule has 1 aliphatic heterocycles. The van der Waals surface area contributed by atoms with Crippen LogP contribution in [0.3, 0.4) is 0 Å². The summed E-state index contributed by atoms with van der Waals surface area (Å²) in [6.45, 7) is 0.942. The minimum Gasteiger partial charge on any atom is -0.497 e. The SMILES string of the molecule is COc1cc(OC)cc(C(=O)NNC(=O)c2cccc(S(=O)(=O)N3CCCC3)c2)c1. The predicted molar refractivity (Wildman–Crippen MR) is 109 cm³/mol. The van der Waals surface area contributed by atoms with E-state index in [0.29, 0.717) is 24.6 Å². The Bertz CT molecular complexity index is 1030. The van der Waals surface area contributed by atoms with Crippen LogP contribution in [0.2, 0.25) is 0 Å². The summed E-state index contributed by atoms with van der Waals surface area (Å²) >= 11 is 0. The highest BCUT2D eigenvalue weighted by atomic mass is 32.2. The van der Waals surface area contributed by atoms with Gasteiger partial charge in [0.05, 0.1) is 19.1 Å². The van der Waals surface area contributed by atoms with Gasteiger partial charge in [-0.2, -0.15) is 4.31 Å². The van der Waals surface area contributed by atoms with Crippen LogP contribution in [0, 0.1) is 0 Å². The first kappa shape index (κ1) is 21.6. The summed E-state index contributed by atoms with van der Waals surface area (Å²) in [6, 6.07) is 10.3. The first-order valence-electron chi connectivity index (χ1n) is 9.29. The van der Waals surface area contributed by atoms with E-state index >= 15 is 0 Å². The van der Waals surface area contributed by atoms with Gasteiger partial charge >= 0.3 is 0 Å². The average molecular weight is 433 g/mol. The van der Waals surface area contributed by atoms with E-state index in [9.17, 15) is 18.0 Å². The molecule has 10 heteroatoms. The molecular formula is C20H23N3O6S. The lowest BCUT2D eigenvalue weighted by Crippen LogP contribution is -2.41. The van der Waals surface area contributed by atoms with Gasteiger partial charge in [-0.1, -0.05) is 6.07 Å². The van der Waals surface area contributed by atoms with Crippen molar-refractivity contribution in [2.75, 3.05) is 27.3 Å². The standard InChI is InChI=1S/C20H23N3O6S/c1-28-16-10-15(11-17(13-16)29-2)20(25)22-21-19(24)14-6-5-7-18(12-14)30(26,27)23-8-3-4-9-23/h5-7,10-13H,3-4,8-9H2,1-2H3,(H,21,24)(H,22,25). The maximum atomic E-state index is 12.7. The summed E-state index contributed by atoms with van der Waals surface area (Å²) in [7, 11) is -0.727. The maximum Gasteiger partial charge on any atom is 0.269 e. The molecular weight excluding hydrogens is 410 g/mol. The zero-order chi connectivity index (χ0) is 21.7. The van der Waals surface area contributed by atoms with Crippen LogP contribution < -0.4 is 20.3 Å². The van der Waals surface area contributed by atoms with Gasteiger partial charge < -0.3 is 9.47 Å². The summed E-state index contributed by atoms with van der Waals surface area (Å²) < 4.78 is 37.0. The molecule has 0 aliphatic carbocycles. The quantitative estimate of drug-likeness (QED) is 0.669. The molecule has 0 radical (unpaired) electrons. The van der Waals surface area contributed by atoms with Gasteiger partial charge in [-0.3, -0.25) is 20.4 Å². The number of carbonyl (C=O) groups excluding carboxylic acids is 2. The van der Waals surface area contributed by atoms with Crippen molar-refractivity contribution >= 4 is 21.8 Å². The summed E-state index contributed by atoms with van der Waals surface area (Å²) in [5.41, 5.74) is 4.92. The molecule has 1 aliphatic rings. The Labute approximate surface area is 175 Å². The van der Waals surface area contributed by atoms with Crippen LogP contribution in [0.4, 0.5) is 0 Å². The van der Waals surface area contributed by atoms with Gasteiger partial charge in [-0.25, -0.2) is 8.42 Å². The molecule has 160 valence electrons. The van der Waals surface area contributed by atoms with Crippen LogP contribution in [-0.4, -0.2) is 51.8 Å². The number of benzene rings is 2. The number of hydrazine groups is 1. The third-order valence-electron chi connectivity index (χ3n) is 4.70. The van der Waals surface area contributed by atoms with Crippen LogP contribution in [-0.2, 0) is 10.0 Å². The second-order valence-electron chi connectivity index (χ2n) is 6.65. The molecule has 1 fully saturated rings. The molecule has 0 bridgehead atoms. The van der Waals surface area contributed by atoms with Crippen molar-refractivity contribution in [1.29, 1.82) is 0 Å². The van der Waals surface area contributed by atoms with Gasteiger partial charge in [-0.05, 0) is 43.2 Å². The lowest BCUT2D eigenvalue weighted by atomic mass is 10.2. The Kier molecular flexibility index (Phi) is 6.58. The van der Waals surface area contributed by atoms with Crippen LogP contribution in [0.5, 0.6) is 11.5 Å². The van der Waals surface area contributed by atoms with Gasteiger partial charge in [-0.15, -0.1) is 0 Å². The molecule has 9 nitrogen and oxygen atoms in total. The molecule has 2 N–H and O–H groups in total. The minimum absolute atomic E-state index is 0.0425. The molecule has 2 amide bonds. The van der Waals surface area contributed by atoms with Crippen molar-refractivity contribution in [3.63, 3.8) is 0 Å². The van der Waals surface area contributed by atoms with Gasteiger partial charge in [0.25, 0.3) is 11.8 Å². The summed E-state index contributed by atoms with van der Waals surface area (Å²) in [5, 5.41) is 0. The van der Waals surface area contributed by atoms with Crippen LogP contribution in [0.25, 0.3) is 0 Å². The lowest BCUT2D eigenvalue weighted by molar-refractivity contribution is 0.0846. The number of nitrogens with zero attached hydrogens (tertiary/aromatic N) is 1. The normalized spacial score (nSPS) is 14.2. The molecule has 0 spiro atoms. The van der Waals surface area contributed by atoms with E-state index < -0.39 is 21.8 Å². The third kappa shape index (κ3) is 4.71. The second-order valence-corrected chi connectivity index (χ2v) is 8.59. The number of amides is 2. The van der Waals surface area contributed by atoms with Crippen molar-refractivity contribution in [1.82, 2.24) is 15.2 Å². The maximum absolute atomic E-state index is 12.7. The van der Waals surface area contributed by atoms with Crippen molar-refractivity contribution in [2.45, 2.75) is 17.7 Å². The van der Waals surface area contributed by atoms with Crippen LogP contribution in [0.1, 0.15) is 33.6 Å². The zero-order valence-corrected chi connectivity index (χ0v) is 17.5. The Balaban J connectivity index is 1.70. The number of nitrogens with one attached hydrogen (secondary N) is 2. The van der Waals surface area contributed by atoms with E-state index in [1.54, 1.807) is 6.07 Å². The fourth-order valence-electron chi connectivity index (χ4n) is 3.07. The van der Waals surface area contributed by atoms with E-state index in [4.69, 9.17) is 9.47 Å². The summed E-state index contributed by atoms with van der Waals surface area (Å²) in [4.78, 5) is 24.9. The highest BCUT2D eigenvalue weighted by molar-refractivity contribution is 7.89. The monoisotopic (exact) mass is 433 g/mol. The number of ether oxygens (including phenoxy) is 2. The van der Waals surface area contributed by atoms with Crippen molar-refractivity contribution in [2.24, 2.45) is 0 Å². The number of hydrogen-bond acceptors (Lipinski definition) is 6. The topological polar surface area (TPSA) is 114 Å². The molecule has 0 atom stereocenters. The Morgan fingerprint density at radius 1 is 0.867 bits per heavy atom. The fraction of sp³-hybridized carbons (Fsp3) is 0.300. The van der Waals surface area contributed by atoms with Crippen molar-refractivity contribution in [3.05, 3.63) is 53.6 Å². The van der Waals surface area contributed by atoms with E-state index in [1.807, 2.05) is 0 Å². The highest BCUT2D eigenvalue weighted by Gasteiger charge is 2.27. The smallest absolute Gasteiger partial charge is 0.269 e. The molecule has 1 heterocycles. The fourth-order valence-corrected chi connectivity index (χ4v) is 4.64. The number of sulfonamides is 1. The number of hydrogen-bond donors (Lipinski definition) is 2. The number of rotatable bonds is 6. The first-order chi connectivity index (χ1) is 14.3. The molecule has 3 rings (SSSR count). The molecule has 0 unspecified atom stereocenters. The van der Waals surface area contributed by atoms with Gasteiger partial charge in [0.15, 0.2) is 0 Å². The number of carbonyl (C=O) groups is 2. The minimum atomic E-state index is -3.65. The van der Waals surface area contributed by atoms with E-state index in [-0.39, 0.29) is 16.0 Å². The third-order valence-corrected chi connectivity index (χ3v) is 6.60. The summed E-state index contributed by atoms with van der Waals surface area (Å²) in [6.07, 6.45) is 1.64. The van der Waals surface area contributed by atoms with Gasteiger partial charge in [0.1, 0.15) is 11.5 Å². The zero-order valence-electron chi connectivity index (χ0n) is 16.7. The molecule has 0 saturated carbocycles. The second kappa shape index (κ2) is 9.14. The highest BCUT2D eigenvalue weighted by Crippen LogP contribution is 2.23. The molecule has 1 saturated heterocycles.